The van der Waals surface area contributed by atoms with E-state index in [0.29, 0.717) is 5.02 Å². The third-order valence-corrected chi connectivity index (χ3v) is 3.97. The summed E-state index contributed by atoms with van der Waals surface area (Å²) in [5.41, 5.74) is 6.05. The molecule has 1 atom stereocenters. The highest BCUT2D eigenvalue weighted by atomic mass is 79.9. The summed E-state index contributed by atoms with van der Waals surface area (Å²) in [4.78, 5) is 0. The van der Waals surface area contributed by atoms with Crippen molar-refractivity contribution in [3.63, 3.8) is 0 Å². The minimum absolute atomic E-state index is 0.00133. The van der Waals surface area contributed by atoms with Gasteiger partial charge in [0.2, 0.25) is 0 Å². The van der Waals surface area contributed by atoms with Crippen LogP contribution in [0.2, 0.25) is 5.02 Å². The molecular weight excluding hydrogens is 328 g/mol. The van der Waals surface area contributed by atoms with Crippen molar-refractivity contribution < 1.29 is 0 Å². The maximum Gasteiger partial charge on any atom is 0.0596 e. The predicted molar refractivity (Wildman–Crippen MR) is 80.9 cm³/mol. The first-order chi connectivity index (χ1) is 9.01. The molecule has 1 unspecified atom stereocenters. The number of halogens is 2. The van der Waals surface area contributed by atoms with Gasteiger partial charge >= 0.3 is 0 Å². The van der Waals surface area contributed by atoms with E-state index >= 15 is 0 Å². The average Bonchev–Trinajstić information content (AvgIpc) is 2.65. The Hall–Kier alpha value is -0.880. The van der Waals surface area contributed by atoms with Crippen LogP contribution in [0.15, 0.2) is 28.7 Å². The van der Waals surface area contributed by atoms with Crippen LogP contribution in [0.3, 0.4) is 0 Å². The molecule has 0 saturated carbocycles. The first-order valence-electron chi connectivity index (χ1n) is 5.92. The molecule has 1 heterocycles. The summed E-state index contributed by atoms with van der Waals surface area (Å²) < 4.78 is 2.82. The quantitative estimate of drug-likeness (QED) is 0.663. The Kier molecular flexibility index (Phi) is 4.62. The lowest BCUT2D eigenvalue weighted by molar-refractivity contribution is 0.528. The SMILES string of the molecule is Cc1cc(CC(NN)c2ccc(Cl)cc2Br)n(C)n1. The average molecular weight is 344 g/mol. The highest BCUT2D eigenvalue weighted by Crippen LogP contribution is 2.28. The number of hydrogen-bond donors (Lipinski definition) is 2. The summed E-state index contributed by atoms with van der Waals surface area (Å²) in [6.07, 6.45) is 0.758. The van der Waals surface area contributed by atoms with E-state index in [-0.39, 0.29) is 6.04 Å². The molecule has 1 aromatic carbocycles. The second kappa shape index (κ2) is 6.05. The van der Waals surface area contributed by atoms with Crippen LogP contribution in [0.5, 0.6) is 0 Å². The van der Waals surface area contributed by atoms with Gasteiger partial charge in [-0.2, -0.15) is 5.10 Å². The molecule has 0 aliphatic carbocycles. The number of aromatic nitrogens is 2. The molecule has 0 aliphatic heterocycles. The minimum Gasteiger partial charge on any atom is -0.272 e. The van der Waals surface area contributed by atoms with Gasteiger partial charge in [-0.1, -0.05) is 33.6 Å². The Balaban J connectivity index is 2.27. The van der Waals surface area contributed by atoms with Gasteiger partial charge in [0.05, 0.1) is 11.7 Å². The van der Waals surface area contributed by atoms with Crippen molar-refractivity contribution in [3.8, 4) is 0 Å². The summed E-state index contributed by atoms with van der Waals surface area (Å²) >= 11 is 9.48. The van der Waals surface area contributed by atoms with E-state index in [1.165, 1.54) is 0 Å². The van der Waals surface area contributed by atoms with Crippen LogP contribution >= 0.6 is 27.5 Å². The molecule has 2 rings (SSSR count). The fourth-order valence-corrected chi connectivity index (χ4v) is 3.07. The predicted octanol–water partition coefficient (Wildman–Crippen LogP) is 2.89. The van der Waals surface area contributed by atoms with Crippen LogP contribution in [0.1, 0.15) is 23.0 Å². The van der Waals surface area contributed by atoms with Gasteiger partial charge in [-0.15, -0.1) is 0 Å². The number of hydrazine groups is 1. The molecule has 4 nitrogen and oxygen atoms in total. The van der Waals surface area contributed by atoms with E-state index in [1.54, 1.807) is 0 Å². The molecule has 3 N–H and O–H groups in total. The Morgan fingerprint density at radius 2 is 2.21 bits per heavy atom. The number of rotatable bonds is 4. The summed E-state index contributed by atoms with van der Waals surface area (Å²) in [6.45, 7) is 1.98. The van der Waals surface area contributed by atoms with E-state index in [4.69, 9.17) is 17.4 Å². The Labute approximate surface area is 126 Å². The van der Waals surface area contributed by atoms with Crippen molar-refractivity contribution in [2.75, 3.05) is 0 Å². The van der Waals surface area contributed by atoms with E-state index in [1.807, 2.05) is 36.9 Å². The van der Waals surface area contributed by atoms with Crippen LogP contribution in [-0.2, 0) is 13.5 Å². The van der Waals surface area contributed by atoms with Crippen LogP contribution in [0, 0.1) is 6.92 Å². The monoisotopic (exact) mass is 342 g/mol. The van der Waals surface area contributed by atoms with E-state index < -0.39 is 0 Å². The van der Waals surface area contributed by atoms with Gasteiger partial charge in [0.15, 0.2) is 0 Å². The Bertz CT molecular complexity index is 582. The smallest absolute Gasteiger partial charge is 0.0596 e. The fourth-order valence-electron chi connectivity index (χ4n) is 2.11. The van der Waals surface area contributed by atoms with Crippen molar-refractivity contribution in [1.82, 2.24) is 15.2 Å². The molecule has 0 radical (unpaired) electrons. The van der Waals surface area contributed by atoms with Crippen molar-refractivity contribution in [3.05, 3.63) is 50.7 Å². The van der Waals surface area contributed by atoms with Crippen LogP contribution in [0.4, 0.5) is 0 Å². The molecule has 0 aliphatic rings. The zero-order chi connectivity index (χ0) is 14.0. The maximum absolute atomic E-state index is 5.96. The second-order valence-electron chi connectivity index (χ2n) is 4.49. The van der Waals surface area contributed by atoms with Crippen molar-refractivity contribution in [2.45, 2.75) is 19.4 Å². The standard InChI is InChI=1S/C13H16BrClN4/c1-8-5-10(19(2)18-8)7-13(17-16)11-4-3-9(15)6-12(11)14/h3-6,13,17H,7,16H2,1-2H3. The highest BCUT2D eigenvalue weighted by molar-refractivity contribution is 9.10. The van der Waals surface area contributed by atoms with Crippen LogP contribution < -0.4 is 11.3 Å². The zero-order valence-electron chi connectivity index (χ0n) is 10.8. The second-order valence-corrected chi connectivity index (χ2v) is 5.78. The number of nitrogens with zero attached hydrogens (tertiary/aromatic N) is 2. The topological polar surface area (TPSA) is 55.9 Å². The molecule has 1 aromatic heterocycles. The number of nitrogens with two attached hydrogens (primary N) is 1. The molecule has 0 bridgehead atoms. The molecule has 102 valence electrons. The maximum atomic E-state index is 5.96. The minimum atomic E-state index is 0.00133. The number of aryl methyl sites for hydroxylation is 2. The lowest BCUT2D eigenvalue weighted by Gasteiger charge is -2.18. The van der Waals surface area contributed by atoms with Crippen molar-refractivity contribution >= 4 is 27.5 Å². The molecule has 6 heteroatoms. The van der Waals surface area contributed by atoms with Gasteiger partial charge in [-0.3, -0.25) is 16.0 Å². The lowest BCUT2D eigenvalue weighted by Crippen LogP contribution is -2.30. The largest absolute Gasteiger partial charge is 0.272 e. The van der Waals surface area contributed by atoms with E-state index in [2.05, 4.69) is 32.5 Å². The van der Waals surface area contributed by atoms with Crippen molar-refractivity contribution in [2.24, 2.45) is 12.9 Å². The first kappa shape index (κ1) is 14.5. The van der Waals surface area contributed by atoms with Gasteiger partial charge < -0.3 is 0 Å². The summed E-state index contributed by atoms with van der Waals surface area (Å²) in [7, 11) is 1.94. The third kappa shape index (κ3) is 3.36. The summed E-state index contributed by atoms with van der Waals surface area (Å²) in [5.74, 6) is 5.68. The van der Waals surface area contributed by atoms with Gasteiger partial charge in [0, 0.05) is 28.7 Å². The molecule has 19 heavy (non-hydrogen) atoms. The molecular formula is C13H16BrClN4. The van der Waals surface area contributed by atoms with Crippen LogP contribution in [0.25, 0.3) is 0 Å². The third-order valence-electron chi connectivity index (χ3n) is 3.05. The zero-order valence-corrected chi connectivity index (χ0v) is 13.2. The van der Waals surface area contributed by atoms with Gasteiger partial charge in [0.1, 0.15) is 0 Å². The first-order valence-corrected chi connectivity index (χ1v) is 7.09. The summed E-state index contributed by atoms with van der Waals surface area (Å²) in [5, 5.41) is 5.04. The molecule has 0 spiro atoms. The van der Waals surface area contributed by atoms with Gasteiger partial charge in [-0.05, 0) is 30.7 Å². The van der Waals surface area contributed by atoms with Crippen LogP contribution in [-0.4, -0.2) is 9.78 Å². The molecule has 0 saturated heterocycles. The van der Waals surface area contributed by atoms with E-state index in [0.717, 1.165) is 27.8 Å². The number of nitrogens with one attached hydrogen (secondary N) is 1. The van der Waals surface area contributed by atoms with Gasteiger partial charge in [0.25, 0.3) is 0 Å². The normalized spacial score (nSPS) is 12.7. The summed E-state index contributed by atoms with van der Waals surface area (Å²) in [6, 6.07) is 7.77. The fraction of sp³-hybridized carbons (Fsp3) is 0.308. The Morgan fingerprint density at radius 1 is 1.47 bits per heavy atom. The molecule has 0 fully saturated rings. The lowest BCUT2D eigenvalue weighted by atomic mass is 10.0. The number of hydrogen-bond acceptors (Lipinski definition) is 3. The van der Waals surface area contributed by atoms with Gasteiger partial charge in [-0.25, -0.2) is 0 Å². The highest BCUT2D eigenvalue weighted by Gasteiger charge is 2.16. The Morgan fingerprint density at radius 3 is 2.74 bits per heavy atom. The molecule has 0 amide bonds. The number of benzene rings is 1. The molecule has 2 aromatic rings. The van der Waals surface area contributed by atoms with E-state index in [9.17, 15) is 0 Å². The van der Waals surface area contributed by atoms with Crippen molar-refractivity contribution in [1.29, 1.82) is 0 Å².